The van der Waals surface area contributed by atoms with Crippen molar-refractivity contribution in [3.63, 3.8) is 0 Å². The Hall–Kier alpha value is -1.69. The zero-order valence-electron chi connectivity index (χ0n) is 12.7. The van der Waals surface area contributed by atoms with Gasteiger partial charge in [0.15, 0.2) is 0 Å². The molecule has 2 N–H and O–H groups in total. The maximum Gasteiger partial charge on any atom is 0.277 e. The molecule has 0 unspecified atom stereocenters. The van der Waals surface area contributed by atoms with Crippen molar-refractivity contribution in [3.8, 4) is 0 Å². The van der Waals surface area contributed by atoms with Crippen molar-refractivity contribution < 1.29 is 4.92 Å². The topological polar surface area (TPSA) is 85.3 Å². The van der Waals surface area contributed by atoms with E-state index in [4.69, 9.17) is 5.73 Å². The summed E-state index contributed by atoms with van der Waals surface area (Å²) >= 11 is 0. The van der Waals surface area contributed by atoms with Crippen LogP contribution in [0.15, 0.2) is 12.3 Å². The van der Waals surface area contributed by atoms with Crippen LogP contribution in [0.25, 0.3) is 0 Å². The largest absolute Gasteiger partial charge is 0.356 e. The normalized spacial score (nSPS) is 11.4. The monoisotopic (exact) mass is 280 g/mol. The van der Waals surface area contributed by atoms with Gasteiger partial charge in [-0.2, -0.15) is 0 Å². The molecule has 0 aliphatic rings. The van der Waals surface area contributed by atoms with Crippen LogP contribution in [-0.4, -0.2) is 29.5 Å². The van der Waals surface area contributed by atoms with Gasteiger partial charge < -0.3 is 10.6 Å². The van der Waals surface area contributed by atoms with Crippen molar-refractivity contribution in [2.24, 2.45) is 11.1 Å². The van der Waals surface area contributed by atoms with E-state index >= 15 is 0 Å². The average molecular weight is 280 g/mol. The minimum absolute atomic E-state index is 0.0590. The lowest BCUT2D eigenvalue weighted by Gasteiger charge is -2.32. The molecule has 0 amide bonds. The molecule has 0 bridgehead atoms. The van der Waals surface area contributed by atoms with Gasteiger partial charge in [-0.3, -0.25) is 10.1 Å². The Labute approximate surface area is 120 Å². The average Bonchev–Trinajstić information content (AvgIpc) is 2.38. The predicted molar refractivity (Wildman–Crippen MR) is 81.0 cm³/mol. The number of hydrogen-bond donors (Lipinski definition) is 1. The van der Waals surface area contributed by atoms with E-state index in [-0.39, 0.29) is 16.0 Å². The Kier molecular flexibility index (Phi) is 5.44. The lowest BCUT2D eigenvalue weighted by Crippen LogP contribution is -2.39. The molecule has 1 rings (SSSR count). The molecule has 0 saturated carbocycles. The molecule has 6 heteroatoms. The fourth-order valence-corrected chi connectivity index (χ4v) is 2.00. The van der Waals surface area contributed by atoms with Crippen LogP contribution in [0.3, 0.4) is 0 Å². The first kappa shape index (κ1) is 16.4. The van der Waals surface area contributed by atoms with E-state index in [2.05, 4.69) is 30.7 Å². The number of nitrogens with two attached hydrogens (primary N) is 1. The van der Waals surface area contributed by atoms with Crippen LogP contribution < -0.4 is 10.6 Å². The molecular weight excluding hydrogens is 256 g/mol. The van der Waals surface area contributed by atoms with E-state index in [1.54, 1.807) is 19.2 Å². The van der Waals surface area contributed by atoms with Crippen LogP contribution in [0, 0.1) is 22.5 Å². The Bertz CT molecular complexity index is 474. The summed E-state index contributed by atoms with van der Waals surface area (Å²) < 4.78 is 0. The molecule has 0 spiro atoms. The molecular formula is C14H24N4O2. The number of anilines is 1. The lowest BCUT2D eigenvalue weighted by molar-refractivity contribution is -0.385. The molecule has 6 nitrogen and oxygen atoms in total. The summed E-state index contributed by atoms with van der Waals surface area (Å²) in [7, 11) is 0. The molecule has 0 aromatic carbocycles. The standard InChI is InChI=1S/C14H24N4O2/c1-5-6-17(10-14(3,4)9-15)13-7-12(18(19)20)11(2)8-16-13/h7-8H,5-6,9-10,15H2,1-4H3. The van der Waals surface area contributed by atoms with Gasteiger partial charge >= 0.3 is 0 Å². The molecule has 0 saturated heterocycles. The number of hydrogen-bond acceptors (Lipinski definition) is 5. The molecule has 0 aliphatic heterocycles. The molecule has 0 aliphatic carbocycles. The second-order valence-electron chi connectivity index (χ2n) is 5.88. The summed E-state index contributed by atoms with van der Waals surface area (Å²) in [5.74, 6) is 0.644. The summed E-state index contributed by atoms with van der Waals surface area (Å²) in [5.41, 5.74) is 6.41. The first-order valence-corrected chi connectivity index (χ1v) is 6.87. The van der Waals surface area contributed by atoms with E-state index in [1.807, 2.05) is 0 Å². The predicted octanol–water partition coefficient (Wildman–Crippen LogP) is 2.50. The highest BCUT2D eigenvalue weighted by molar-refractivity contribution is 5.50. The quantitative estimate of drug-likeness (QED) is 0.612. The summed E-state index contributed by atoms with van der Waals surface area (Å²) in [4.78, 5) is 17.1. The van der Waals surface area contributed by atoms with Gasteiger partial charge in [0.05, 0.1) is 11.0 Å². The van der Waals surface area contributed by atoms with Gasteiger partial charge in [-0.05, 0) is 25.3 Å². The SMILES string of the molecule is CCCN(CC(C)(C)CN)c1cc([N+](=O)[O-])c(C)cn1. The smallest absolute Gasteiger partial charge is 0.277 e. The Morgan fingerprint density at radius 3 is 2.65 bits per heavy atom. The number of nitrogens with zero attached hydrogens (tertiary/aromatic N) is 3. The number of aromatic nitrogens is 1. The molecule has 0 fully saturated rings. The third kappa shape index (κ3) is 4.16. The summed E-state index contributed by atoms with van der Waals surface area (Å²) in [6, 6.07) is 1.55. The van der Waals surface area contributed by atoms with Gasteiger partial charge in [-0.25, -0.2) is 4.98 Å². The van der Waals surface area contributed by atoms with Crippen molar-refractivity contribution >= 4 is 11.5 Å². The van der Waals surface area contributed by atoms with Crippen molar-refractivity contribution in [3.05, 3.63) is 27.9 Å². The number of pyridine rings is 1. The van der Waals surface area contributed by atoms with Gasteiger partial charge in [-0.15, -0.1) is 0 Å². The van der Waals surface area contributed by atoms with E-state index < -0.39 is 0 Å². The van der Waals surface area contributed by atoms with E-state index in [0.717, 1.165) is 19.5 Å². The number of nitro groups is 1. The van der Waals surface area contributed by atoms with Gasteiger partial charge in [0.25, 0.3) is 5.69 Å². The molecule has 1 aromatic rings. The molecule has 1 heterocycles. The maximum absolute atomic E-state index is 11.0. The number of rotatable bonds is 7. The maximum atomic E-state index is 11.0. The third-order valence-corrected chi connectivity index (χ3v) is 3.25. The van der Waals surface area contributed by atoms with Crippen molar-refractivity contribution in [1.82, 2.24) is 4.98 Å². The van der Waals surface area contributed by atoms with Gasteiger partial charge in [-0.1, -0.05) is 20.8 Å². The molecule has 112 valence electrons. The number of aryl methyl sites for hydroxylation is 1. The zero-order chi connectivity index (χ0) is 15.3. The van der Waals surface area contributed by atoms with Crippen LogP contribution in [0.5, 0.6) is 0 Å². The van der Waals surface area contributed by atoms with Crippen LogP contribution in [-0.2, 0) is 0 Å². The summed E-state index contributed by atoms with van der Waals surface area (Å²) in [6.07, 6.45) is 2.51. The van der Waals surface area contributed by atoms with Crippen LogP contribution >= 0.6 is 0 Å². The molecule has 0 atom stereocenters. The lowest BCUT2D eigenvalue weighted by atomic mass is 9.93. The molecule has 0 radical (unpaired) electrons. The second kappa shape index (κ2) is 6.65. The van der Waals surface area contributed by atoms with Crippen molar-refractivity contribution in [2.75, 3.05) is 24.5 Å². The Morgan fingerprint density at radius 1 is 1.50 bits per heavy atom. The van der Waals surface area contributed by atoms with E-state index in [0.29, 0.717) is 17.9 Å². The van der Waals surface area contributed by atoms with Gasteiger partial charge in [0.2, 0.25) is 0 Å². The third-order valence-electron chi connectivity index (χ3n) is 3.25. The minimum Gasteiger partial charge on any atom is -0.356 e. The van der Waals surface area contributed by atoms with Crippen molar-refractivity contribution in [2.45, 2.75) is 34.1 Å². The Balaban J connectivity index is 3.09. The molecule has 1 aromatic heterocycles. The summed E-state index contributed by atoms with van der Waals surface area (Å²) in [6.45, 7) is 10.0. The van der Waals surface area contributed by atoms with Gasteiger partial charge in [0.1, 0.15) is 5.82 Å². The first-order chi connectivity index (χ1) is 9.30. The minimum atomic E-state index is -0.362. The van der Waals surface area contributed by atoms with Crippen LogP contribution in [0.1, 0.15) is 32.8 Å². The zero-order valence-corrected chi connectivity index (χ0v) is 12.7. The van der Waals surface area contributed by atoms with Crippen LogP contribution in [0.2, 0.25) is 0 Å². The second-order valence-corrected chi connectivity index (χ2v) is 5.88. The first-order valence-electron chi connectivity index (χ1n) is 6.87. The van der Waals surface area contributed by atoms with E-state index in [9.17, 15) is 10.1 Å². The van der Waals surface area contributed by atoms with Crippen LogP contribution in [0.4, 0.5) is 11.5 Å². The summed E-state index contributed by atoms with van der Waals surface area (Å²) in [5, 5.41) is 11.0. The highest BCUT2D eigenvalue weighted by Crippen LogP contribution is 2.25. The highest BCUT2D eigenvalue weighted by Gasteiger charge is 2.22. The molecule has 20 heavy (non-hydrogen) atoms. The Morgan fingerprint density at radius 2 is 2.15 bits per heavy atom. The highest BCUT2D eigenvalue weighted by atomic mass is 16.6. The van der Waals surface area contributed by atoms with E-state index in [1.165, 1.54) is 0 Å². The fraction of sp³-hybridized carbons (Fsp3) is 0.643. The fourth-order valence-electron chi connectivity index (χ4n) is 2.00. The van der Waals surface area contributed by atoms with Gasteiger partial charge in [0, 0.05) is 24.8 Å². The van der Waals surface area contributed by atoms with Crippen molar-refractivity contribution in [1.29, 1.82) is 0 Å².